The predicted octanol–water partition coefficient (Wildman–Crippen LogP) is 3.57. The van der Waals surface area contributed by atoms with Crippen LogP contribution >= 0.6 is 0 Å². The molecule has 3 aromatic rings. The highest BCUT2D eigenvalue weighted by Crippen LogP contribution is 2.31. The first-order valence-corrected chi connectivity index (χ1v) is 10.3. The first kappa shape index (κ1) is 20.8. The minimum absolute atomic E-state index is 0.0231. The number of carbonyl (C=O) groups is 2. The molecule has 0 unspecified atom stereocenters. The Balaban J connectivity index is 1.55. The zero-order chi connectivity index (χ0) is 22.2. The molecular weight excluding hydrogens is 397 g/mol. The van der Waals surface area contributed by atoms with E-state index in [2.05, 4.69) is 10.4 Å². The molecule has 2 heterocycles. The van der Waals surface area contributed by atoms with Crippen LogP contribution in [-0.4, -0.2) is 52.8 Å². The number of carbonyl (C=O) groups excluding carboxylic acids is 2. The number of nitrogens with zero attached hydrogens (tertiary/aromatic N) is 4. The quantitative estimate of drug-likeness (QED) is 0.682. The first-order chi connectivity index (χ1) is 14.7. The molecule has 2 aromatic carbocycles. The van der Waals surface area contributed by atoms with Gasteiger partial charge in [0, 0.05) is 25.0 Å². The van der Waals surface area contributed by atoms with E-state index in [1.165, 1.54) is 15.6 Å². The Morgan fingerprint density at radius 1 is 1.10 bits per heavy atom. The Morgan fingerprint density at radius 2 is 1.84 bits per heavy atom. The third-order valence-corrected chi connectivity index (χ3v) is 5.21. The van der Waals surface area contributed by atoms with Gasteiger partial charge in [-0.15, -0.1) is 0 Å². The van der Waals surface area contributed by atoms with E-state index in [1.807, 2.05) is 39.0 Å². The number of hydrogen-bond acceptors (Lipinski definition) is 3. The van der Waals surface area contributed by atoms with E-state index in [0.29, 0.717) is 36.5 Å². The molecule has 8 heteroatoms. The molecule has 0 bridgehead atoms. The predicted molar refractivity (Wildman–Crippen MR) is 118 cm³/mol. The highest BCUT2D eigenvalue weighted by atomic mass is 19.1. The van der Waals surface area contributed by atoms with Gasteiger partial charge in [0.15, 0.2) is 0 Å². The van der Waals surface area contributed by atoms with E-state index in [-0.39, 0.29) is 29.7 Å². The highest BCUT2D eigenvalue weighted by molar-refractivity contribution is 6.04. The fourth-order valence-corrected chi connectivity index (χ4v) is 3.63. The van der Waals surface area contributed by atoms with Crippen molar-refractivity contribution < 1.29 is 14.0 Å². The van der Waals surface area contributed by atoms with Crippen LogP contribution in [-0.2, 0) is 4.79 Å². The van der Waals surface area contributed by atoms with E-state index in [0.717, 1.165) is 5.39 Å². The number of benzene rings is 2. The lowest BCUT2D eigenvalue weighted by Crippen LogP contribution is -2.42. The van der Waals surface area contributed by atoms with Crippen molar-refractivity contribution >= 4 is 28.5 Å². The molecule has 0 radical (unpaired) electrons. The number of rotatable bonds is 5. The van der Waals surface area contributed by atoms with Gasteiger partial charge in [-0.2, -0.15) is 5.10 Å². The Morgan fingerprint density at radius 3 is 2.58 bits per heavy atom. The number of hydrogen-bond donors (Lipinski definition) is 1. The third kappa shape index (κ3) is 4.23. The van der Waals surface area contributed by atoms with Gasteiger partial charge in [0.1, 0.15) is 18.0 Å². The summed E-state index contributed by atoms with van der Waals surface area (Å²) in [4.78, 5) is 28.5. The Hall–Kier alpha value is -3.42. The average molecular weight is 423 g/mol. The molecule has 31 heavy (non-hydrogen) atoms. The molecule has 7 nitrogen and oxygen atoms in total. The van der Waals surface area contributed by atoms with E-state index in [4.69, 9.17) is 0 Å². The number of para-hydroxylation sites is 1. The van der Waals surface area contributed by atoms with Gasteiger partial charge in [-0.25, -0.2) is 13.9 Å². The standard InChI is InChI=1S/C23H26FN5O2/c1-23(2,3)15-25-21(30)14-27-11-12-28(22(27)31)18-9-6-10-19-16(18)13-26-29(19)20-8-5-4-7-17(20)24/h4-10,13H,11-12,14-15H2,1-3H3,(H,25,30). The number of halogens is 1. The van der Waals surface area contributed by atoms with Gasteiger partial charge in [0.25, 0.3) is 0 Å². The minimum Gasteiger partial charge on any atom is -0.354 e. The summed E-state index contributed by atoms with van der Waals surface area (Å²) in [5, 5.41) is 7.99. The Labute approximate surface area is 180 Å². The normalized spacial score (nSPS) is 14.5. The average Bonchev–Trinajstić information content (AvgIpc) is 3.30. The van der Waals surface area contributed by atoms with Gasteiger partial charge in [-0.1, -0.05) is 39.0 Å². The molecule has 1 aliphatic heterocycles. The Bertz CT molecular complexity index is 1130. The fourth-order valence-electron chi connectivity index (χ4n) is 3.63. The van der Waals surface area contributed by atoms with E-state index < -0.39 is 0 Å². The minimum atomic E-state index is -0.373. The summed E-state index contributed by atoms with van der Waals surface area (Å²) < 4.78 is 15.8. The van der Waals surface area contributed by atoms with Gasteiger partial charge in [-0.3, -0.25) is 9.69 Å². The van der Waals surface area contributed by atoms with Crippen LogP contribution in [0.4, 0.5) is 14.9 Å². The highest BCUT2D eigenvalue weighted by Gasteiger charge is 2.32. The maximum Gasteiger partial charge on any atom is 0.325 e. The van der Waals surface area contributed by atoms with Crippen molar-refractivity contribution in [2.45, 2.75) is 20.8 Å². The maximum absolute atomic E-state index is 14.3. The maximum atomic E-state index is 14.3. The van der Waals surface area contributed by atoms with Crippen LogP contribution in [0.2, 0.25) is 0 Å². The summed E-state index contributed by atoms with van der Waals surface area (Å²) in [7, 11) is 0. The first-order valence-electron chi connectivity index (χ1n) is 10.3. The smallest absolute Gasteiger partial charge is 0.325 e. The number of urea groups is 1. The number of aromatic nitrogens is 2. The Kier molecular flexibility index (Phi) is 5.39. The second-order valence-electron chi connectivity index (χ2n) is 8.91. The molecule has 0 atom stereocenters. The van der Waals surface area contributed by atoms with Crippen LogP contribution < -0.4 is 10.2 Å². The van der Waals surface area contributed by atoms with Crippen LogP contribution in [0.25, 0.3) is 16.6 Å². The zero-order valence-corrected chi connectivity index (χ0v) is 17.9. The summed E-state index contributed by atoms with van der Waals surface area (Å²) in [6.45, 7) is 7.62. The number of fused-ring (bicyclic) bond motifs is 1. The second-order valence-corrected chi connectivity index (χ2v) is 8.91. The molecule has 0 spiro atoms. The number of amides is 3. The van der Waals surface area contributed by atoms with Gasteiger partial charge < -0.3 is 10.2 Å². The molecule has 162 valence electrons. The molecule has 1 N–H and O–H groups in total. The molecular formula is C23H26FN5O2. The van der Waals surface area contributed by atoms with E-state index >= 15 is 0 Å². The van der Waals surface area contributed by atoms with Gasteiger partial charge >= 0.3 is 6.03 Å². The van der Waals surface area contributed by atoms with E-state index in [1.54, 1.807) is 29.3 Å². The lowest BCUT2D eigenvalue weighted by molar-refractivity contribution is -0.121. The van der Waals surface area contributed by atoms with Crippen LogP contribution in [0.3, 0.4) is 0 Å². The topological polar surface area (TPSA) is 70.5 Å². The van der Waals surface area contributed by atoms with Crippen LogP contribution in [0.1, 0.15) is 20.8 Å². The number of anilines is 1. The van der Waals surface area contributed by atoms with Gasteiger partial charge in [0.05, 0.1) is 17.4 Å². The van der Waals surface area contributed by atoms with Crippen LogP contribution in [0.15, 0.2) is 48.7 Å². The van der Waals surface area contributed by atoms with Crippen LogP contribution in [0, 0.1) is 11.2 Å². The van der Waals surface area contributed by atoms with Crippen molar-refractivity contribution in [3.05, 3.63) is 54.5 Å². The lowest BCUT2D eigenvalue weighted by Gasteiger charge is -2.21. The zero-order valence-electron chi connectivity index (χ0n) is 17.9. The summed E-state index contributed by atoms with van der Waals surface area (Å²) in [6.07, 6.45) is 1.64. The number of nitrogens with one attached hydrogen (secondary N) is 1. The summed E-state index contributed by atoms with van der Waals surface area (Å²) in [5.74, 6) is -0.543. The van der Waals surface area contributed by atoms with Crippen molar-refractivity contribution in [3.63, 3.8) is 0 Å². The summed E-state index contributed by atoms with van der Waals surface area (Å²) in [6, 6.07) is 11.7. The van der Waals surface area contributed by atoms with Gasteiger partial charge in [0.2, 0.25) is 5.91 Å². The monoisotopic (exact) mass is 423 g/mol. The molecule has 1 aliphatic rings. The van der Waals surface area contributed by atoms with E-state index in [9.17, 15) is 14.0 Å². The SMILES string of the molecule is CC(C)(C)CNC(=O)CN1CCN(c2cccc3c2cnn3-c2ccccc2F)C1=O. The fraction of sp³-hybridized carbons (Fsp3) is 0.348. The van der Waals surface area contributed by atoms with Gasteiger partial charge in [-0.05, 0) is 29.7 Å². The lowest BCUT2D eigenvalue weighted by atomic mass is 9.97. The van der Waals surface area contributed by atoms with Crippen molar-refractivity contribution in [1.82, 2.24) is 20.0 Å². The molecule has 1 saturated heterocycles. The second kappa shape index (κ2) is 8.02. The molecule has 0 aliphatic carbocycles. The van der Waals surface area contributed by atoms with Crippen molar-refractivity contribution in [2.24, 2.45) is 5.41 Å². The van der Waals surface area contributed by atoms with Crippen molar-refractivity contribution in [1.29, 1.82) is 0 Å². The van der Waals surface area contributed by atoms with Crippen molar-refractivity contribution in [3.8, 4) is 5.69 Å². The molecule has 1 aromatic heterocycles. The molecule has 3 amide bonds. The van der Waals surface area contributed by atoms with Crippen LogP contribution in [0.5, 0.6) is 0 Å². The molecule has 1 fully saturated rings. The third-order valence-electron chi connectivity index (χ3n) is 5.21. The molecule has 4 rings (SSSR count). The largest absolute Gasteiger partial charge is 0.354 e. The van der Waals surface area contributed by atoms with Crippen molar-refractivity contribution in [2.75, 3.05) is 31.1 Å². The summed E-state index contributed by atoms with van der Waals surface area (Å²) >= 11 is 0. The molecule has 0 saturated carbocycles. The summed E-state index contributed by atoms with van der Waals surface area (Å²) in [5.41, 5.74) is 1.73.